The van der Waals surface area contributed by atoms with Gasteiger partial charge in [-0.15, -0.1) is 0 Å². The van der Waals surface area contributed by atoms with Crippen LogP contribution < -0.4 is 15.5 Å². The zero-order chi connectivity index (χ0) is 21.8. The number of nitrogens with one attached hydrogen (secondary N) is 2. The van der Waals surface area contributed by atoms with Crippen LogP contribution in [0.25, 0.3) is 0 Å². The Hall–Kier alpha value is -3.62. The highest BCUT2D eigenvalue weighted by Gasteiger charge is 2.32. The number of alkyl halides is 3. The molecule has 160 valence electrons. The molecule has 2 N–H and O–H groups in total. The van der Waals surface area contributed by atoms with Crippen LogP contribution in [-0.2, 0) is 17.5 Å². The lowest BCUT2D eigenvalue weighted by molar-refractivity contribution is -0.137. The Kier molecular flexibility index (Phi) is 5.75. The van der Waals surface area contributed by atoms with Gasteiger partial charge in [0.15, 0.2) is 0 Å². The average Bonchev–Trinajstić information content (AvgIpc) is 2.78. The van der Waals surface area contributed by atoms with Crippen molar-refractivity contribution in [2.75, 3.05) is 23.3 Å². The van der Waals surface area contributed by atoms with Gasteiger partial charge in [0.25, 0.3) is 0 Å². The number of anilines is 2. The lowest BCUT2D eigenvalue weighted by Crippen LogP contribution is -2.50. The van der Waals surface area contributed by atoms with Gasteiger partial charge < -0.3 is 15.5 Å². The molecule has 0 bridgehead atoms. The summed E-state index contributed by atoms with van der Waals surface area (Å²) in [5.41, 5.74) is 0.603. The molecule has 1 aromatic heterocycles. The molecule has 9 heteroatoms. The van der Waals surface area contributed by atoms with Crippen molar-refractivity contribution in [2.45, 2.75) is 18.8 Å². The number of hydrogen-bond donors (Lipinski definition) is 2. The number of amides is 1. The first-order valence-electron chi connectivity index (χ1n) is 9.74. The summed E-state index contributed by atoms with van der Waals surface area (Å²) in [5, 5.41) is 5.85. The summed E-state index contributed by atoms with van der Waals surface area (Å²) in [6, 6.07) is 15.7. The van der Waals surface area contributed by atoms with Crippen LogP contribution in [0.2, 0.25) is 0 Å². The molecule has 0 spiro atoms. The van der Waals surface area contributed by atoms with Gasteiger partial charge in [-0.05, 0) is 29.3 Å². The second-order valence-corrected chi connectivity index (χ2v) is 7.09. The number of nitrogens with zero attached hydrogens (tertiary/aromatic N) is 3. The molecule has 4 rings (SSSR count). The first-order valence-corrected chi connectivity index (χ1v) is 9.74. The molecule has 0 saturated carbocycles. The summed E-state index contributed by atoms with van der Waals surface area (Å²) in [6.45, 7) is 1.19. The van der Waals surface area contributed by atoms with Gasteiger partial charge in [-0.1, -0.05) is 42.5 Å². The van der Waals surface area contributed by atoms with Gasteiger partial charge in [0.2, 0.25) is 11.9 Å². The molecular formula is C22H20F3N5O. The van der Waals surface area contributed by atoms with Crippen molar-refractivity contribution in [3.05, 3.63) is 83.6 Å². The summed E-state index contributed by atoms with van der Waals surface area (Å²) in [7, 11) is 0. The first-order chi connectivity index (χ1) is 14.9. The summed E-state index contributed by atoms with van der Waals surface area (Å²) >= 11 is 0. The number of rotatable bonds is 5. The number of carbonyl (C=O) groups excluding carboxylic acids is 1. The van der Waals surface area contributed by atoms with Crippen molar-refractivity contribution >= 4 is 17.7 Å². The van der Waals surface area contributed by atoms with Crippen molar-refractivity contribution in [3.63, 3.8) is 0 Å². The standard InChI is InChI=1S/C22H20F3N5O/c23-22(24,25)17-8-4-5-15(13-17)14-28-21-27-10-9-18(29-21)30-12-11-26-20(31)19(30)16-6-2-1-3-7-16/h1-10,13,19H,11-12,14H2,(H,26,31)(H,27,28,29). The quantitative estimate of drug-likeness (QED) is 0.649. The SMILES string of the molecule is O=C1NCCN(c2ccnc(NCc3cccc(C(F)(F)F)c3)n2)C1c1ccccc1. The molecule has 2 heterocycles. The predicted molar refractivity (Wildman–Crippen MR) is 110 cm³/mol. The molecule has 1 fully saturated rings. The predicted octanol–water partition coefficient (Wildman–Crippen LogP) is 3.79. The van der Waals surface area contributed by atoms with Crippen LogP contribution >= 0.6 is 0 Å². The Labute approximate surface area is 177 Å². The van der Waals surface area contributed by atoms with Crippen LogP contribution in [0.3, 0.4) is 0 Å². The highest BCUT2D eigenvalue weighted by Crippen LogP contribution is 2.30. The van der Waals surface area contributed by atoms with E-state index in [0.717, 1.165) is 17.7 Å². The monoisotopic (exact) mass is 427 g/mol. The summed E-state index contributed by atoms with van der Waals surface area (Å²) in [6.07, 6.45) is -2.83. The molecule has 1 unspecified atom stereocenters. The first kappa shape index (κ1) is 20.6. The van der Waals surface area contributed by atoms with Crippen LogP contribution in [0.1, 0.15) is 22.7 Å². The fourth-order valence-corrected chi connectivity index (χ4v) is 3.51. The number of carbonyl (C=O) groups is 1. The van der Waals surface area contributed by atoms with Crippen molar-refractivity contribution in [1.82, 2.24) is 15.3 Å². The molecule has 1 saturated heterocycles. The molecule has 6 nitrogen and oxygen atoms in total. The molecule has 1 atom stereocenters. The van der Waals surface area contributed by atoms with Gasteiger partial charge in [-0.2, -0.15) is 18.2 Å². The molecular weight excluding hydrogens is 407 g/mol. The highest BCUT2D eigenvalue weighted by atomic mass is 19.4. The molecule has 0 aliphatic carbocycles. The minimum atomic E-state index is -4.40. The van der Waals surface area contributed by atoms with Crippen molar-refractivity contribution in [3.8, 4) is 0 Å². The van der Waals surface area contributed by atoms with Crippen LogP contribution in [0, 0.1) is 0 Å². The second-order valence-electron chi connectivity index (χ2n) is 7.09. The molecule has 1 amide bonds. The minimum absolute atomic E-state index is 0.116. The number of aromatic nitrogens is 2. The van der Waals surface area contributed by atoms with Crippen molar-refractivity contribution in [1.29, 1.82) is 0 Å². The van der Waals surface area contributed by atoms with Crippen LogP contribution in [0.15, 0.2) is 66.9 Å². The molecule has 1 aliphatic heterocycles. The van der Waals surface area contributed by atoms with Gasteiger partial charge >= 0.3 is 6.18 Å². The number of piperazine rings is 1. The third-order valence-electron chi connectivity index (χ3n) is 4.97. The van der Waals surface area contributed by atoms with E-state index < -0.39 is 17.8 Å². The molecule has 1 aliphatic rings. The highest BCUT2D eigenvalue weighted by molar-refractivity contribution is 5.87. The Morgan fingerprint density at radius 1 is 1.10 bits per heavy atom. The minimum Gasteiger partial charge on any atom is -0.352 e. The van der Waals surface area contributed by atoms with Gasteiger partial charge in [0.1, 0.15) is 11.9 Å². The lowest BCUT2D eigenvalue weighted by Gasteiger charge is -2.36. The van der Waals surface area contributed by atoms with E-state index in [4.69, 9.17) is 0 Å². The summed E-state index contributed by atoms with van der Waals surface area (Å²) in [5.74, 6) is 0.715. The Bertz CT molecular complexity index is 1060. The number of benzene rings is 2. The molecule has 2 aromatic carbocycles. The van der Waals surface area contributed by atoms with Gasteiger partial charge in [-0.3, -0.25) is 4.79 Å². The Morgan fingerprint density at radius 3 is 2.68 bits per heavy atom. The zero-order valence-electron chi connectivity index (χ0n) is 16.4. The fraction of sp³-hybridized carbons (Fsp3) is 0.227. The summed E-state index contributed by atoms with van der Waals surface area (Å²) < 4.78 is 38.7. The largest absolute Gasteiger partial charge is 0.416 e. The molecule has 0 radical (unpaired) electrons. The third kappa shape index (κ3) is 4.76. The van der Waals surface area contributed by atoms with Crippen LogP contribution in [0.5, 0.6) is 0 Å². The Balaban J connectivity index is 1.53. The van der Waals surface area contributed by atoms with Crippen LogP contribution in [-0.4, -0.2) is 29.0 Å². The van der Waals surface area contributed by atoms with Crippen molar-refractivity contribution < 1.29 is 18.0 Å². The lowest BCUT2D eigenvalue weighted by atomic mass is 10.0. The smallest absolute Gasteiger partial charge is 0.352 e. The van der Waals surface area contributed by atoms with Gasteiger partial charge in [0, 0.05) is 25.8 Å². The van der Waals surface area contributed by atoms with E-state index in [2.05, 4.69) is 20.6 Å². The third-order valence-corrected chi connectivity index (χ3v) is 4.97. The van der Waals surface area contributed by atoms with E-state index in [-0.39, 0.29) is 18.4 Å². The maximum Gasteiger partial charge on any atom is 0.416 e. The normalized spacial score (nSPS) is 16.7. The molecule has 3 aromatic rings. The van der Waals surface area contributed by atoms with E-state index in [9.17, 15) is 18.0 Å². The van der Waals surface area contributed by atoms with E-state index in [0.29, 0.717) is 24.5 Å². The maximum absolute atomic E-state index is 12.9. The van der Waals surface area contributed by atoms with Gasteiger partial charge in [0.05, 0.1) is 5.56 Å². The second kappa shape index (κ2) is 8.63. The fourth-order valence-electron chi connectivity index (χ4n) is 3.51. The van der Waals surface area contributed by atoms with Crippen LogP contribution in [0.4, 0.5) is 24.9 Å². The van der Waals surface area contributed by atoms with E-state index in [1.165, 1.54) is 6.07 Å². The zero-order valence-corrected chi connectivity index (χ0v) is 16.4. The van der Waals surface area contributed by atoms with E-state index in [1.54, 1.807) is 18.3 Å². The maximum atomic E-state index is 12.9. The average molecular weight is 427 g/mol. The van der Waals surface area contributed by atoms with E-state index >= 15 is 0 Å². The van der Waals surface area contributed by atoms with E-state index in [1.807, 2.05) is 35.2 Å². The Morgan fingerprint density at radius 2 is 1.90 bits per heavy atom. The molecule has 31 heavy (non-hydrogen) atoms. The van der Waals surface area contributed by atoms with Gasteiger partial charge in [-0.25, -0.2) is 4.98 Å². The topological polar surface area (TPSA) is 70.2 Å². The number of hydrogen-bond acceptors (Lipinski definition) is 5. The number of halogens is 3. The summed E-state index contributed by atoms with van der Waals surface area (Å²) in [4.78, 5) is 23.1. The van der Waals surface area contributed by atoms with Crippen molar-refractivity contribution in [2.24, 2.45) is 0 Å².